The van der Waals surface area contributed by atoms with Gasteiger partial charge in [0.25, 0.3) is 0 Å². The smallest absolute Gasteiger partial charge is 0.0704 e. The molecule has 0 aromatic carbocycles. The van der Waals surface area contributed by atoms with Crippen molar-refractivity contribution in [1.82, 2.24) is 5.32 Å². The van der Waals surface area contributed by atoms with Crippen molar-refractivity contribution in [3.05, 3.63) is 20.3 Å². The first-order valence-electron chi connectivity index (χ1n) is 5.68. The quantitative estimate of drug-likeness (QED) is 0.803. The van der Waals surface area contributed by atoms with Gasteiger partial charge in [0.15, 0.2) is 0 Å². The minimum atomic E-state index is 0.539. The van der Waals surface area contributed by atoms with Gasteiger partial charge in [-0.3, -0.25) is 0 Å². The molecule has 1 heterocycles. The molecule has 0 amide bonds. The van der Waals surface area contributed by atoms with Crippen LogP contribution in [-0.2, 0) is 0 Å². The Balaban J connectivity index is 2.73. The third kappa shape index (κ3) is 3.89. The monoisotopic (exact) mass is 289 g/mol. The Morgan fingerprint density at radius 3 is 2.60 bits per heavy atom. The van der Waals surface area contributed by atoms with E-state index in [-0.39, 0.29) is 0 Å². The first-order valence-corrected chi connectivity index (χ1v) is 7.29. The van der Waals surface area contributed by atoms with Gasteiger partial charge in [0, 0.05) is 10.9 Å². The van der Waals surface area contributed by atoms with E-state index in [1.165, 1.54) is 33.5 Å². The molecule has 3 heteroatoms. The van der Waals surface area contributed by atoms with Crippen molar-refractivity contribution in [3.63, 3.8) is 0 Å². The number of hydrogen-bond acceptors (Lipinski definition) is 2. The Morgan fingerprint density at radius 1 is 1.40 bits per heavy atom. The lowest BCUT2D eigenvalue weighted by Crippen LogP contribution is -2.22. The lowest BCUT2D eigenvalue weighted by Gasteiger charge is -2.17. The normalized spacial score (nSPS) is 13.1. The zero-order chi connectivity index (χ0) is 11.3. The molecule has 0 saturated carbocycles. The summed E-state index contributed by atoms with van der Waals surface area (Å²) in [6, 6.07) is 2.81. The lowest BCUT2D eigenvalue weighted by atomic mass is 10.0. The molecule has 0 bridgehead atoms. The van der Waals surface area contributed by atoms with Gasteiger partial charge in [-0.2, -0.15) is 0 Å². The van der Waals surface area contributed by atoms with E-state index >= 15 is 0 Å². The molecule has 0 aliphatic rings. The van der Waals surface area contributed by atoms with Crippen LogP contribution in [0.3, 0.4) is 0 Å². The molecule has 1 unspecified atom stereocenters. The van der Waals surface area contributed by atoms with E-state index in [9.17, 15) is 0 Å². The van der Waals surface area contributed by atoms with Crippen LogP contribution >= 0.6 is 27.3 Å². The second-order valence-electron chi connectivity index (χ2n) is 3.86. The first-order chi connectivity index (χ1) is 7.19. The Morgan fingerprint density at radius 2 is 2.13 bits per heavy atom. The highest BCUT2D eigenvalue weighted by molar-refractivity contribution is 9.11. The van der Waals surface area contributed by atoms with Crippen LogP contribution in [0.4, 0.5) is 0 Å². The summed E-state index contributed by atoms with van der Waals surface area (Å²) in [6.45, 7) is 7.78. The molecule has 0 spiro atoms. The maximum Gasteiger partial charge on any atom is 0.0704 e. The Labute approximate surface area is 105 Å². The van der Waals surface area contributed by atoms with Crippen molar-refractivity contribution in [2.75, 3.05) is 6.54 Å². The van der Waals surface area contributed by atoms with Crippen molar-refractivity contribution in [1.29, 1.82) is 0 Å². The van der Waals surface area contributed by atoms with Gasteiger partial charge in [0.1, 0.15) is 0 Å². The van der Waals surface area contributed by atoms with Gasteiger partial charge in [-0.15, -0.1) is 11.3 Å². The van der Waals surface area contributed by atoms with Crippen molar-refractivity contribution in [3.8, 4) is 0 Å². The van der Waals surface area contributed by atoms with E-state index in [0.717, 1.165) is 6.54 Å². The van der Waals surface area contributed by atoms with Gasteiger partial charge in [0.2, 0.25) is 0 Å². The SMILES string of the molecule is CCCNC(CCC)c1cc(Br)sc1C. The van der Waals surface area contributed by atoms with E-state index in [2.05, 4.69) is 48.1 Å². The molecule has 1 nitrogen and oxygen atoms in total. The molecule has 0 saturated heterocycles. The highest BCUT2D eigenvalue weighted by Gasteiger charge is 2.14. The standard InChI is InChI=1S/C12H20BrNS/c1-4-6-11(14-7-5-2)10-8-12(13)15-9(10)3/h8,11,14H,4-7H2,1-3H3. The maximum atomic E-state index is 3.63. The topological polar surface area (TPSA) is 12.0 Å². The van der Waals surface area contributed by atoms with Crippen LogP contribution < -0.4 is 5.32 Å². The van der Waals surface area contributed by atoms with Crippen LogP contribution in [0, 0.1) is 6.92 Å². The predicted molar refractivity (Wildman–Crippen MR) is 72.7 cm³/mol. The van der Waals surface area contributed by atoms with Crippen LogP contribution in [0.15, 0.2) is 9.85 Å². The fourth-order valence-corrected chi connectivity index (χ4v) is 3.55. The van der Waals surface area contributed by atoms with Crippen LogP contribution in [0.5, 0.6) is 0 Å². The molecule has 86 valence electrons. The number of thiophene rings is 1. The second-order valence-corrected chi connectivity index (χ2v) is 6.49. The van der Waals surface area contributed by atoms with Crippen molar-refractivity contribution < 1.29 is 0 Å². The van der Waals surface area contributed by atoms with E-state index < -0.39 is 0 Å². The summed E-state index contributed by atoms with van der Waals surface area (Å²) in [6.07, 6.45) is 3.66. The highest BCUT2D eigenvalue weighted by atomic mass is 79.9. The van der Waals surface area contributed by atoms with Crippen LogP contribution in [0.1, 0.15) is 49.6 Å². The molecule has 0 radical (unpaired) electrons. The van der Waals surface area contributed by atoms with Gasteiger partial charge >= 0.3 is 0 Å². The summed E-state index contributed by atoms with van der Waals surface area (Å²) in [5.74, 6) is 0. The average Bonchev–Trinajstić information content (AvgIpc) is 2.52. The predicted octanol–water partition coefficient (Wildman–Crippen LogP) is 4.66. The number of hydrogen-bond donors (Lipinski definition) is 1. The molecule has 1 atom stereocenters. The summed E-state index contributed by atoms with van der Waals surface area (Å²) in [7, 11) is 0. The Hall–Kier alpha value is 0.140. The minimum Gasteiger partial charge on any atom is -0.310 e. The van der Waals surface area contributed by atoms with Gasteiger partial charge in [-0.25, -0.2) is 0 Å². The fraction of sp³-hybridized carbons (Fsp3) is 0.667. The van der Waals surface area contributed by atoms with Crippen molar-refractivity contribution in [2.24, 2.45) is 0 Å². The molecule has 0 fully saturated rings. The van der Waals surface area contributed by atoms with E-state index in [1.807, 2.05) is 11.3 Å². The summed E-state index contributed by atoms with van der Waals surface area (Å²) in [5, 5.41) is 3.63. The van der Waals surface area contributed by atoms with Crippen molar-refractivity contribution in [2.45, 2.75) is 46.1 Å². The number of aryl methyl sites for hydroxylation is 1. The van der Waals surface area contributed by atoms with Crippen molar-refractivity contribution >= 4 is 27.3 Å². The Kier molecular flexibility index (Phi) is 5.87. The molecule has 1 rings (SSSR count). The minimum absolute atomic E-state index is 0.539. The van der Waals surface area contributed by atoms with E-state index in [0.29, 0.717) is 6.04 Å². The zero-order valence-electron chi connectivity index (χ0n) is 9.77. The maximum absolute atomic E-state index is 3.63. The highest BCUT2D eigenvalue weighted by Crippen LogP contribution is 2.32. The lowest BCUT2D eigenvalue weighted by molar-refractivity contribution is 0.493. The fourth-order valence-electron chi connectivity index (χ4n) is 1.78. The number of halogens is 1. The van der Waals surface area contributed by atoms with Gasteiger partial charge < -0.3 is 5.32 Å². The number of rotatable bonds is 6. The van der Waals surface area contributed by atoms with Gasteiger partial charge in [-0.1, -0.05) is 20.3 Å². The largest absolute Gasteiger partial charge is 0.310 e. The third-order valence-corrected chi connectivity index (χ3v) is 4.09. The molecule has 1 N–H and O–H groups in total. The van der Waals surface area contributed by atoms with Gasteiger partial charge in [0.05, 0.1) is 3.79 Å². The molecule has 1 aromatic rings. The van der Waals surface area contributed by atoms with Gasteiger partial charge in [-0.05, 0) is 53.9 Å². The molecule has 1 aromatic heterocycles. The molecule has 0 aliphatic carbocycles. The molecule has 15 heavy (non-hydrogen) atoms. The van der Waals surface area contributed by atoms with E-state index in [1.54, 1.807) is 0 Å². The number of nitrogens with one attached hydrogen (secondary N) is 1. The summed E-state index contributed by atoms with van der Waals surface area (Å²) in [5.41, 5.74) is 1.47. The van der Waals surface area contributed by atoms with Crippen LogP contribution in [0.25, 0.3) is 0 Å². The molecule has 0 aliphatic heterocycles. The summed E-state index contributed by atoms with van der Waals surface area (Å²) in [4.78, 5) is 1.43. The zero-order valence-corrected chi connectivity index (χ0v) is 12.2. The van der Waals surface area contributed by atoms with Crippen LogP contribution in [0.2, 0.25) is 0 Å². The first kappa shape index (κ1) is 13.2. The second kappa shape index (κ2) is 6.66. The summed E-state index contributed by atoms with van der Waals surface area (Å²) >= 11 is 5.39. The van der Waals surface area contributed by atoms with E-state index in [4.69, 9.17) is 0 Å². The Bertz CT molecular complexity index is 296. The summed E-state index contributed by atoms with van der Waals surface area (Å²) < 4.78 is 1.24. The average molecular weight is 290 g/mol. The molecular weight excluding hydrogens is 270 g/mol. The third-order valence-electron chi connectivity index (χ3n) is 2.52. The van der Waals surface area contributed by atoms with Crippen LogP contribution in [-0.4, -0.2) is 6.54 Å². The molecular formula is C12H20BrNS.